The van der Waals surface area contributed by atoms with Gasteiger partial charge in [-0.3, -0.25) is 0 Å². The number of methoxy groups -OCH3 is 1. The Labute approximate surface area is 159 Å². The number of cyclic esters (lactones) is 2. The Balaban J connectivity index is 1.97. The summed E-state index contributed by atoms with van der Waals surface area (Å²) >= 11 is 0. The molecule has 0 spiro atoms. The van der Waals surface area contributed by atoms with Crippen molar-refractivity contribution >= 4 is 11.9 Å². The van der Waals surface area contributed by atoms with Gasteiger partial charge >= 0.3 is 11.9 Å². The first-order valence-electron chi connectivity index (χ1n) is 8.92. The fourth-order valence-corrected chi connectivity index (χ4v) is 2.40. The van der Waals surface area contributed by atoms with Crippen LogP contribution < -0.4 is 14.8 Å². The molecule has 0 aromatic heterocycles. The zero-order valence-corrected chi connectivity index (χ0v) is 16.5. The van der Waals surface area contributed by atoms with Crippen molar-refractivity contribution in [2.75, 3.05) is 13.7 Å². The number of nitrogens with one attached hydrogen (secondary N) is 1. The summed E-state index contributed by atoms with van der Waals surface area (Å²) in [5.74, 6) is -0.794. The van der Waals surface area contributed by atoms with Crippen molar-refractivity contribution in [2.45, 2.75) is 46.4 Å². The van der Waals surface area contributed by atoms with Crippen LogP contribution in [0.3, 0.4) is 0 Å². The smallest absolute Gasteiger partial charge is 0.350 e. The van der Waals surface area contributed by atoms with Crippen LogP contribution in [0.25, 0.3) is 0 Å². The second-order valence-electron chi connectivity index (χ2n) is 7.13. The first-order valence-corrected chi connectivity index (χ1v) is 8.92. The predicted octanol–water partition coefficient (Wildman–Crippen LogP) is 2.93. The summed E-state index contributed by atoms with van der Waals surface area (Å²) in [6.07, 6.45) is 2.27. The van der Waals surface area contributed by atoms with E-state index in [1.54, 1.807) is 7.11 Å². The molecule has 0 aliphatic carbocycles. The van der Waals surface area contributed by atoms with Gasteiger partial charge < -0.3 is 24.3 Å². The van der Waals surface area contributed by atoms with Crippen molar-refractivity contribution in [3.63, 3.8) is 0 Å². The lowest BCUT2D eigenvalue weighted by Gasteiger charge is -2.29. The normalized spacial score (nSPS) is 15.9. The van der Waals surface area contributed by atoms with E-state index in [-0.39, 0.29) is 5.57 Å². The standard InChI is InChI=1S/C20H27NO6/c1-13(2)8-9-25-16-7-6-14(10-17(16)24-5)11-21-12-15-18(22)26-20(3,4)27-19(15)23/h6-7,10,12-13,21H,8-9,11H2,1-5H3. The quantitative estimate of drug-likeness (QED) is 0.424. The van der Waals surface area contributed by atoms with Crippen LogP contribution in [0.5, 0.6) is 11.5 Å². The van der Waals surface area contributed by atoms with Gasteiger partial charge in [0.15, 0.2) is 17.1 Å². The highest BCUT2D eigenvalue weighted by Crippen LogP contribution is 2.28. The number of ether oxygens (including phenoxy) is 4. The van der Waals surface area contributed by atoms with Crippen molar-refractivity contribution < 1.29 is 28.5 Å². The van der Waals surface area contributed by atoms with Crippen LogP contribution >= 0.6 is 0 Å². The average molecular weight is 377 g/mol. The molecule has 1 aliphatic rings. The van der Waals surface area contributed by atoms with Gasteiger partial charge in [-0.2, -0.15) is 0 Å². The van der Waals surface area contributed by atoms with E-state index in [9.17, 15) is 9.59 Å². The molecule has 1 heterocycles. The van der Waals surface area contributed by atoms with Crippen LogP contribution in [0, 0.1) is 5.92 Å². The Morgan fingerprint density at radius 1 is 1.15 bits per heavy atom. The average Bonchev–Trinajstić information content (AvgIpc) is 2.57. The van der Waals surface area contributed by atoms with Crippen molar-refractivity contribution in [3.8, 4) is 11.5 Å². The molecule has 7 heteroatoms. The van der Waals surface area contributed by atoms with Crippen molar-refractivity contribution in [1.82, 2.24) is 5.32 Å². The Kier molecular flexibility index (Phi) is 6.71. The molecule has 1 fully saturated rings. The summed E-state index contributed by atoms with van der Waals surface area (Å²) in [7, 11) is 1.58. The van der Waals surface area contributed by atoms with Crippen LogP contribution in [0.2, 0.25) is 0 Å². The van der Waals surface area contributed by atoms with Gasteiger partial charge in [0, 0.05) is 26.6 Å². The summed E-state index contributed by atoms with van der Waals surface area (Å²) in [6.45, 7) is 8.30. The first-order chi connectivity index (χ1) is 12.7. The van der Waals surface area contributed by atoms with Crippen molar-refractivity contribution in [1.29, 1.82) is 0 Å². The number of rotatable bonds is 8. The summed E-state index contributed by atoms with van der Waals surface area (Å²) in [6, 6.07) is 5.57. The van der Waals surface area contributed by atoms with Gasteiger partial charge in [-0.25, -0.2) is 9.59 Å². The maximum atomic E-state index is 11.9. The maximum absolute atomic E-state index is 11.9. The molecule has 0 radical (unpaired) electrons. The number of carbonyl (C=O) groups excluding carboxylic acids is 2. The molecular weight excluding hydrogens is 350 g/mol. The van der Waals surface area contributed by atoms with E-state index in [0.717, 1.165) is 12.0 Å². The number of benzene rings is 1. The molecule has 1 aromatic rings. The third-order valence-corrected chi connectivity index (χ3v) is 3.85. The van der Waals surface area contributed by atoms with Crippen LogP contribution in [0.15, 0.2) is 30.0 Å². The van der Waals surface area contributed by atoms with E-state index >= 15 is 0 Å². The molecule has 0 saturated carbocycles. The maximum Gasteiger partial charge on any atom is 0.350 e. The van der Waals surface area contributed by atoms with Gasteiger partial charge in [-0.1, -0.05) is 19.9 Å². The Morgan fingerprint density at radius 2 is 1.81 bits per heavy atom. The van der Waals surface area contributed by atoms with E-state index < -0.39 is 17.7 Å². The zero-order valence-electron chi connectivity index (χ0n) is 16.5. The Morgan fingerprint density at radius 3 is 2.41 bits per heavy atom. The van der Waals surface area contributed by atoms with E-state index in [4.69, 9.17) is 18.9 Å². The van der Waals surface area contributed by atoms with Crippen LogP contribution in [-0.4, -0.2) is 31.4 Å². The summed E-state index contributed by atoms with van der Waals surface area (Å²) in [5, 5.41) is 2.93. The largest absolute Gasteiger partial charge is 0.493 e. The van der Waals surface area contributed by atoms with Crippen molar-refractivity contribution in [2.24, 2.45) is 5.92 Å². The lowest BCUT2D eigenvalue weighted by atomic mass is 10.1. The molecule has 1 aliphatic heterocycles. The van der Waals surface area contributed by atoms with E-state index in [1.807, 2.05) is 18.2 Å². The molecular formula is C20H27NO6. The molecule has 27 heavy (non-hydrogen) atoms. The monoisotopic (exact) mass is 377 g/mol. The Hall–Kier alpha value is -2.70. The number of hydrogen-bond acceptors (Lipinski definition) is 7. The summed E-state index contributed by atoms with van der Waals surface area (Å²) < 4.78 is 21.2. The fraction of sp³-hybridized carbons (Fsp3) is 0.500. The van der Waals surface area contributed by atoms with Gasteiger partial charge in [0.05, 0.1) is 13.7 Å². The molecule has 0 atom stereocenters. The third-order valence-electron chi connectivity index (χ3n) is 3.85. The second kappa shape index (κ2) is 8.79. The molecule has 0 bridgehead atoms. The number of carbonyl (C=O) groups is 2. The van der Waals surface area contributed by atoms with Gasteiger partial charge in [0.25, 0.3) is 5.79 Å². The molecule has 0 unspecified atom stereocenters. The van der Waals surface area contributed by atoms with E-state index in [0.29, 0.717) is 30.6 Å². The molecule has 148 valence electrons. The lowest BCUT2D eigenvalue weighted by Crippen LogP contribution is -2.42. The van der Waals surface area contributed by atoms with Crippen molar-refractivity contribution in [3.05, 3.63) is 35.5 Å². The minimum atomic E-state index is -1.25. The lowest BCUT2D eigenvalue weighted by molar-refractivity contribution is -0.222. The number of esters is 2. The zero-order chi connectivity index (χ0) is 20.0. The molecule has 1 saturated heterocycles. The summed E-state index contributed by atoms with van der Waals surface area (Å²) in [5.41, 5.74) is 0.729. The minimum absolute atomic E-state index is 0.171. The molecule has 1 N–H and O–H groups in total. The van der Waals surface area contributed by atoms with E-state index in [2.05, 4.69) is 19.2 Å². The first kappa shape index (κ1) is 20.6. The van der Waals surface area contributed by atoms with Crippen LogP contribution in [0.4, 0.5) is 0 Å². The van der Waals surface area contributed by atoms with Gasteiger partial charge in [0.2, 0.25) is 0 Å². The number of hydrogen-bond donors (Lipinski definition) is 1. The third kappa shape index (κ3) is 5.91. The van der Waals surface area contributed by atoms with Crippen LogP contribution in [-0.2, 0) is 25.6 Å². The highest BCUT2D eigenvalue weighted by atomic mass is 16.7. The molecule has 0 amide bonds. The highest BCUT2D eigenvalue weighted by Gasteiger charge is 2.38. The SMILES string of the molecule is COc1cc(CNC=C2C(=O)OC(C)(C)OC2=O)ccc1OCCC(C)C. The van der Waals surface area contributed by atoms with Crippen LogP contribution in [0.1, 0.15) is 39.7 Å². The Bertz CT molecular complexity index is 701. The highest BCUT2D eigenvalue weighted by molar-refractivity contribution is 6.15. The minimum Gasteiger partial charge on any atom is -0.493 e. The van der Waals surface area contributed by atoms with Gasteiger partial charge in [-0.15, -0.1) is 0 Å². The second-order valence-corrected chi connectivity index (χ2v) is 7.13. The summed E-state index contributed by atoms with van der Waals surface area (Å²) in [4.78, 5) is 23.8. The van der Waals surface area contributed by atoms with Gasteiger partial charge in [0.1, 0.15) is 0 Å². The van der Waals surface area contributed by atoms with Gasteiger partial charge in [-0.05, 0) is 30.0 Å². The molecule has 7 nitrogen and oxygen atoms in total. The molecule has 2 rings (SSSR count). The van der Waals surface area contributed by atoms with E-state index in [1.165, 1.54) is 20.0 Å². The topological polar surface area (TPSA) is 83.1 Å². The fourth-order valence-electron chi connectivity index (χ4n) is 2.40. The predicted molar refractivity (Wildman–Crippen MR) is 99.1 cm³/mol. The molecule has 1 aromatic carbocycles.